The first kappa shape index (κ1) is 19.7. The summed E-state index contributed by atoms with van der Waals surface area (Å²) in [6, 6.07) is 13.4. The van der Waals surface area contributed by atoms with E-state index in [1.54, 1.807) is 11.8 Å². The molecule has 1 atom stereocenters. The molecule has 0 unspecified atom stereocenters. The second kappa shape index (κ2) is 9.73. The van der Waals surface area contributed by atoms with Gasteiger partial charge in [0.15, 0.2) is 0 Å². The van der Waals surface area contributed by atoms with Gasteiger partial charge in [-0.25, -0.2) is 4.79 Å². The highest BCUT2D eigenvalue weighted by Gasteiger charge is 2.29. The molecular weight excluding hydrogens is 360 g/mol. The number of hydrogen-bond donors (Lipinski definition) is 4. The van der Waals surface area contributed by atoms with E-state index in [4.69, 9.17) is 0 Å². The number of pyridine rings is 1. The molecule has 2 amide bonds. The van der Waals surface area contributed by atoms with Gasteiger partial charge in [-0.3, -0.25) is 4.98 Å². The van der Waals surface area contributed by atoms with Gasteiger partial charge in [0.05, 0.1) is 5.60 Å². The third kappa shape index (κ3) is 6.53. The molecule has 0 spiro atoms. The van der Waals surface area contributed by atoms with Crippen molar-refractivity contribution in [3.63, 3.8) is 0 Å². The number of carbonyl (C=O) groups is 1. The number of piperidine rings is 1. The van der Waals surface area contributed by atoms with Crippen LogP contribution in [-0.4, -0.2) is 47.1 Å². The molecule has 144 valence electrons. The van der Waals surface area contributed by atoms with Gasteiger partial charge in [0, 0.05) is 41.3 Å². The van der Waals surface area contributed by atoms with Gasteiger partial charge >= 0.3 is 6.03 Å². The van der Waals surface area contributed by atoms with Crippen molar-refractivity contribution in [2.45, 2.75) is 29.8 Å². The Hall–Kier alpha value is -2.09. The summed E-state index contributed by atoms with van der Waals surface area (Å²) in [6.07, 6.45) is 4.35. The fraction of sp³-hybridized carbons (Fsp3) is 0.400. The molecule has 0 bridgehead atoms. The van der Waals surface area contributed by atoms with Crippen molar-refractivity contribution in [3.8, 4) is 0 Å². The molecule has 0 saturated carbocycles. The molecular formula is C20H26N4O2S. The number of aryl methyl sites for hydroxylation is 1. The van der Waals surface area contributed by atoms with E-state index in [0.717, 1.165) is 41.4 Å². The van der Waals surface area contributed by atoms with Crippen molar-refractivity contribution >= 4 is 23.5 Å². The van der Waals surface area contributed by atoms with E-state index in [2.05, 4.69) is 20.9 Å². The van der Waals surface area contributed by atoms with Gasteiger partial charge in [-0.05, 0) is 62.2 Å². The van der Waals surface area contributed by atoms with E-state index in [1.165, 1.54) is 0 Å². The van der Waals surface area contributed by atoms with Crippen LogP contribution in [0, 0.1) is 0 Å². The van der Waals surface area contributed by atoms with Gasteiger partial charge in [-0.2, -0.15) is 0 Å². The summed E-state index contributed by atoms with van der Waals surface area (Å²) in [5, 5.41) is 19.1. The summed E-state index contributed by atoms with van der Waals surface area (Å²) in [7, 11) is 0. The second-order valence-electron chi connectivity index (χ2n) is 6.76. The third-order valence-electron chi connectivity index (χ3n) is 4.49. The largest absolute Gasteiger partial charge is 0.387 e. The van der Waals surface area contributed by atoms with E-state index in [9.17, 15) is 9.90 Å². The number of aromatic nitrogens is 1. The smallest absolute Gasteiger partial charge is 0.319 e. The summed E-state index contributed by atoms with van der Waals surface area (Å²) < 4.78 is 0. The fourth-order valence-corrected chi connectivity index (χ4v) is 3.85. The first-order chi connectivity index (χ1) is 13.1. The first-order valence-electron chi connectivity index (χ1n) is 9.24. The van der Waals surface area contributed by atoms with Crippen LogP contribution < -0.4 is 16.0 Å². The maximum absolute atomic E-state index is 12.0. The minimum absolute atomic E-state index is 0.243. The Bertz CT molecular complexity index is 719. The van der Waals surface area contributed by atoms with Crippen molar-refractivity contribution < 1.29 is 9.90 Å². The Morgan fingerprint density at radius 1 is 1.26 bits per heavy atom. The highest BCUT2D eigenvalue weighted by Crippen LogP contribution is 2.21. The maximum atomic E-state index is 12.0. The Labute approximate surface area is 164 Å². The Kier molecular flexibility index (Phi) is 7.09. The molecule has 1 aromatic carbocycles. The van der Waals surface area contributed by atoms with Crippen LogP contribution >= 0.6 is 11.8 Å². The Morgan fingerprint density at radius 2 is 2.11 bits per heavy atom. The normalized spacial score (nSPS) is 19.4. The summed E-state index contributed by atoms with van der Waals surface area (Å²) in [5.41, 5.74) is 0.967. The lowest BCUT2D eigenvalue weighted by atomic mass is 9.94. The SMILES string of the molecule is O=C(NC[C@@]1(O)CCCNC1)Nc1ccc(SCCc2ccccn2)cc1. The van der Waals surface area contributed by atoms with Gasteiger partial charge in [0.1, 0.15) is 0 Å². The van der Waals surface area contributed by atoms with Crippen LogP contribution in [-0.2, 0) is 6.42 Å². The molecule has 6 nitrogen and oxygen atoms in total. The lowest BCUT2D eigenvalue weighted by Gasteiger charge is -2.32. The molecule has 1 aliphatic rings. The average Bonchev–Trinajstić information content (AvgIpc) is 2.69. The minimum atomic E-state index is -0.857. The van der Waals surface area contributed by atoms with Crippen LogP contribution in [0.4, 0.5) is 10.5 Å². The zero-order valence-corrected chi connectivity index (χ0v) is 16.1. The van der Waals surface area contributed by atoms with Gasteiger partial charge in [0.25, 0.3) is 0 Å². The number of nitrogens with one attached hydrogen (secondary N) is 3. The number of nitrogens with zero attached hydrogens (tertiary/aromatic N) is 1. The minimum Gasteiger partial charge on any atom is -0.387 e. The van der Waals surface area contributed by atoms with E-state index in [1.807, 2.05) is 48.7 Å². The summed E-state index contributed by atoms with van der Waals surface area (Å²) in [5.74, 6) is 0.955. The summed E-state index contributed by atoms with van der Waals surface area (Å²) in [6.45, 7) is 1.67. The zero-order valence-electron chi connectivity index (χ0n) is 15.3. The van der Waals surface area contributed by atoms with Crippen LogP contribution in [0.25, 0.3) is 0 Å². The number of thioether (sulfide) groups is 1. The van der Waals surface area contributed by atoms with E-state index >= 15 is 0 Å². The molecule has 27 heavy (non-hydrogen) atoms. The number of rotatable bonds is 7. The van der Waals surface area contributed by atoms with Crippen molar-refractivity contribution in [2.24, 2.45) is 0 Å². The van der Waals surface area contributed by atoms with Crippen LogP contribution in [0.3, 0.4) is 0 Å². The monoisotopic (exact) mass is 386 g/mol. The van der Waals surface area contributed by atoms with E-state index < -0.39 is 5.60 Å². The quantitative estimate of drug-likeness (QED) is 0.550. The molecule has 3 rings (SSSR count). The number of amides is 2. The number of hydrogen-bond acceptors (Lipinski definition) is 5. The third-order valence-corrected chi connectivity index (χ3v) is 5.51. The van der Waals surface area contributed by atoms with Gasteiger partial charge in [-0.15, -0.1) is 11.8 Å². The average molecular weight is 387 g/mol. The van der Waals surface area contributed by atoms with Crippen molar-refractivity contribution in [3.05, 3.63) is 54.4 Å². The molecule has 1 saturated heterocycles. The van der Waals surface area contributed by atoms with Crippen LogP contribution in [0.15, 0.2) is 53.6 Å². The predicted octanol–water partition coefficient (Wildman–Crippen LogP) is 2.65. The van der Waals surface area contributed by atoms with Gasteiger partial charge < -0.3 is 21.1 Å². The molecule has 0 aliphatic carbocycles. The molecule has 1 aromatic heterocycles. The van der Waals surface area contributed by atoms with Crippen LogP contribution in [0.2, 0.25) is 0 Å². The number of carbonyl (C=O) groups excluding carboxylic acids is 1. The maximum Gasteiger partial charge on any atom is 0.319 e. The van der Waals surface area contributed by atoms with E-state index in [-0.39, 0.29) is 12.6 Å². The first-order valence-corrected chi connectivity index (χ1v) is 10.2. The fourth-order valence-electron chi connectivity index (χ4n) is 2.98. The summed E-state index contributed by atoms with van der Waals surface area (Å²) in [4.78, 5) is 17.5. The van der Waals surface area contributed by atoms with E-state index in [0.29, 0.717) is 13.0 Å². The molecule has 1 fully saturated rings. The molecule has 2 heterocycles. The van der Waals surface area contributed by atoms with Crippen molar-refractivity contribution in [2.75, 3.05) is 30.7 Å². The van der Waals surface area contributed by atoms with Gasteiger partial charge in [-0.1, -0.05) is 6.07 Å². The van der Waals surface area contributed by atoms with Crippen LogP contribution in [0.1, 0.15) is 18.5 Å². The number of β-amino-alcohol motifs (C(OH)–C–C–N with tert-alkyl or cyclic N) is 1. The number of urea groups is 1. The van der Waals surface area contributed by atoms with Crippen molar-refractivity contribution in [1.82, 2.24) is 15.6 Å². The van der Waals surface area contributed by atoms with Crippen molar-refractivity contribution in [1.29, 1.82) is 0 Å². The number of benzene rings is 1. The van der Waals surface area contributed by atoms with Crippen LogP contribution in [0.5, 0.6) is 0 Å². The standard InChI is InChI=1S/C20H26N4O2S/c25-19(23-15-20(26)10-3-11-21-14-20)24-17-5-7-18(8-6-17)27-13-9-16-4-1-2-12-22-16/h1-2,4-8,12,21,26H,3,9-11,13-15H2,(H2,23,24,25)/t20-/m1/s1. The Morgan fingerprint density at radius 3 is 2.81 bits per heavy atom. The van der Waals surface area contributed by atoms with Gasteiger partial charge in [0.2, 0.25) is 0 Å². The number of anilines is 1. The topological polar surface area (TPSA) is 86.3 Å². The summed E-state index contributed by atoms with van der Waals surface area (Å²) >= 11 is 1.76. The Balaban J connectivity index is 1.39. The highest BCUT2D eigenvalue weighted by molar-refractivity contribution is 7.99. The molecule has 2 aromatic rings. The molecule has 7 heteroatoms. The predicted molar refractivity (Wildman–Crippen MR) is 109 cm³/mol. The molecule has 4 N–H and O–H groups in total. The molecule has 0 radical (unpaired) electrons. The number of aliphatic hydroxyl groups is 1. The second-order valence-corrected chi connectivity index (χ2v) is 7.92. The lowest BCUT2D eigenvalue weighted by Crippen LogP contribution is -2.53. The zero-order chi connectivity index (χ0) is 19.0. The molecule has 1 aliphatic heterocycles. The highest BCUT2D eigenvalue weighted by atomic mass is 32.2. The lowest BCUT2D eigenvalue weighted by molar-refractivity contribution is 0.0198.